The van der Waals surface area contributed by atoms with Crippen LogP contribution in [0, 0.1) is 0 Å². The minimum absolute atomic E-state index is 0.0158. The van der Waals surface area contributed by atoms with Crippen molar-refractivity contribution >= 4 is 54.6 Å². The zero-order valence-electron chi connectivity index (χ0n) is 12.9. The van der Waals surface area contributed by atoms with Crippen molar-refractivity contribution in [2.24, 2.45) is 0 Å². The number of hydrogen-bond donors (Lipinski definition) is 2. The van der Waals surface area contributed by atoms with Gasteiger partial charge in [0, 0.05) is 13.1 Å². The third kappa shape index (κ3) is 4.14. The summed E-state index contributed by atoms with van der Waals surface area (Å²) in [6.07, 6.45) is 0. The Labute approximate surface area is 157 Å². The molecule has 0 atom stereocenters. The van der Waals surface area contributed by atoms with Gasteiger partial charge in [-0.2, -0.15) is 0 Å². The second-order valence-electron chi connectivity index (χ2n) is 5.30. The molecule has 0 amide bonds. The summed E-state index contributed by atoms with van der Waals surface area (Å²) in [7, 11) is -3.81. The van der Waals surface area contributed by atoms with Crippen molar-refractivity contribution in [3.05, 3.63) is 39.7 Å². The third-order valence-electron chi connectivity index (χ3n) is 3.65. The minimum Gasteiger partial charge on any atom is -0.478 e. The number of carboxylic acid groups (broad SMARTS) is 1. The van der Waals surface area contributed by atoms with Crippen LogP contribution in [0.15, 0.2) is 38.3 Å². The molecule has 0 unspecified atom stereocenters. The van der Waals surface area contributed by atoms with Crippen molar-refractivity contribution < 1.29 is 23.1 Å². The molecule has 0 saturated carbocycles. The number of thiophene rings is 1. The zero-order chi connectivity index (χ0) is 18.0. The summed E-state index contributed by atoms with van der Waals surface area (Å²) in [5, 5.41) is 9.21. The van der Waals surface area contributed by atoms with E-state index in [2.05, 4.69) is 20.7 Å². The first kappa shape index (κ1) is 18.2. The van der Waals surface area contributed by atoms with E-state index in [0.29, 0.717) is 35.8 Å². The number of benzene rings is 1. The second kappa shape index (κ2) is 7.32. The Kier molecular flexibility index (Phi) is 5.32. The van der Waals surface area contributed by atoms with Crippen LogP contribution >= 0.6 is 27.3 Å². The molecule has 1 aliphatic rings. The van der Waals surface area contributed by atoms with Gasteiger partial charge in [0.1, 0.15) is 4.21 Å². The van der Waals surface area contributed by atoms with E-state index < -0.39 is 16.0 Å². The summed E-state index contributed by atoms with van der Waals surface area (Å²) in [5.74, 6) is -1.12. The van der Waals surface area contributed by atoms with Gasteiger partial charge in [-0.05, 0) is 46.3 Å². The van der Waals surface area contributed by atoms with Crippen molar-refractivity contribution in [3.8, 4) is 0 Å². The number of nitrogens with one attached hydrogen (secondary N) is 1. The van der Waals surface area contributed by atoms with Crippen LogP contribution in [0.25, 0.3) is 0 Å². The number of hydrogen-bond acceptors (Lipinski definition) is 6. The molecule has 2 heterocycles. The maximum atomic E-state index is 12.6. The van der Waals surface area contributed by atoms with Crippen molar-refractivity contribution in [1.82, 2.24) is 0 Å². The Balaban J connectivity index is 1.99. The van der Waals surface area contributed by atoms with Gasteiger partial charge in [-0.15, -0.1) is 11.3 Å². The van der Waals surface area contributed by atoms with Crippen molar-refractivity contribution in [2.45, 2.75) is 4.21 Å². The second-order valence-corrected chi connectivity index (χ2v) is 9.67. The molecule has 0 bridgehead atoms. The van der Waals surface area contributed by atoms with E-state index in [-0.39, 0.29) is 15.5 Å². The number of carbonyl (C=O) groups is 1. The Morgan fingerprint density at radius 3 is 2.56 bits per heavy atom. The third-order valence-corrected chi connectivity index (χ3v) is 7.13. The topological polar surface area (TPSA) is 95.9 Å². The monoisotopic (exact) mass is 446 g/mol. The Bertz CT molecular complexity index is 891. The van der Waals surface area contributed by atoms with E-state index in [9.17, 15) is 18.3 Å². The van der Waals surface area contributed by atoms with Gasteiger partial charge in [0.05, 0.1) is 33.9 Å². The van der Waals surface area contributed by atoms with E-state index in [0.717, 1.165) is 11.3 Å². The number of aromatic carboxylic acids is 1. The van der Waals surface area contributed by atoms with Gasteiger partial charge >= 0.3 is 5.97 Å². The Hall–Kier alpha value is -1.62. The first-order valence-electron chi connectivity index (χ1n) is 7.35. The molecule has 1 aromatic carbocycles. The largest absolute Gasteiger partial charge is 0.478 e. The predicted molar refractivity (Wildman–Crippen MR) is 99.3 cm³/mol. The van der Waals surface area contributed by atoms with E-state index in [1.807, 2.05) is 4.90 Å². The fourth-order valence-electron chi connectivity index (χ4n) is 2.47. The van der Waals surface area contributed by atoms with Gasteiger partial charge < -0.3 is 14.7 Å². The van der Waals surface area contributed by atoms with Crippen LogP contribution in [0.2, 0.25) is 0 Å². The number of anilines is 2. The number of nitrogens with zero attached hydrogens (tertiary/aromatic N) is 1. The molecule has 134 valence electrons. The number of ether oxygens (including phenoxy) is 1. The van der Waals surface area contributed by atoms with E-state index in [1.165, 1.54) is 18.2 Å². The first-order valence-corrected chi connectivity index (χ1v) is 10.4. The molecule has 10 heteroatoms. The summed E-state index contributed by atoms with van der Waals surface area (Å²) in [6.45, 7) is 2.27. The summed E-state index contributed by atoms with van der Waals surface area (Å²) in [5.41, 5.74) is 0.890. The molecule has 1 saturated heterocycles. The lowest BCUT2D eigenvalue weighted by Crippen LogP contribution is -2.36. The normalized spacial score (nSPS) is 15.2. The molecule has 0 aliphatic carbocycles. The zero-order valence-corrected chi connectivity index (χ0v) is 16.2. The molecule has 25 heavy (non-hydrogen) atoms. The average Bonchev–Trinajstić information content (AvgIpc) is 3.03. The molecule has 7 nitrogen and oxygen atoms in total. The van der Waals surface area contributed by atoms with Gasteiger partial charge in [0.25, 0.3) is 10.0 Å². The molecule has 2 N–H and O–H groups in total. The highest BCUT2D eigenvalue weighted by Crippen LogP contribution is 2.32. The van der Waals surface area contributed by atoms with Crippen LogP contribution in [0.1, 0.15) is 10.4 Å². The highest BCUT2D eigenvalue weighted by atomic mass is 79.9. The van der Waals surface area contributed by atoms with Gasteiger partial charge in [-0.25, -0.2) is 13.2 Å². The van der Waals surface area contributed by atoms with Gasteiger partial charge in [-0.3, -0.25) is 4.72 Å². The van der Waals surface area contributed by atoms with Crippen molar-refractivity contribution in [2.75, 3.05) is 35.9 Å². The van der Waals surface area contributed by atoms with Gasteiger partial charge in [-0.1, -0.05) is 0 Å². The lowest BCUT2D eigenvalue weighted by atomic mass is 10.1. The van der Waals surface area contributed by atoms with Crippen LogP contribution in [0.3, 0.4) is 0 Å². The van der Waals surface area contributed by atoms with E-state index in [4.69, 9.17) is 4.74 Å². The number of sulfonamides is 1. The molecular formula is C15H15BrN2O5S2. The minimum atomic E-state index is -3.81. The Morgan fingerprint density at radius 1 is 1.24 bits per heavy atom. The number of morpholine rings is 1. The average molecular weight is 447 g/mol. The molecule has 0 spiro atoms. The van der Waals surface area contributed by atoms with Crippen LogP contribution in [-0.2, 0) is 14.8 Å². The molecular weight excluding hydrogens is 432 g/mol. The first-order chi connectivity index (χ1) is 11.9. The van der Waals surface area contributed by atoms with E-state index >= 15 is 0 Å². The maximum absolute atomic E-state index is 12.6. The number of rotatable bonds is 5. The molecule has 2 aromatic rings. The number of carboxylic acids is 1. The van der Waals surface area contributed by atoms with Crippen molar-refractivity contribution in [1.29, 1.82) is 0 Å². The van der Waals surface area contributed by atoms with Crippen LogP contribution in [0.5, 0.6) is 0 Å². The summed E-state index contributed by atoms with van der Waals surface area (Å²) in [4.78, 5) is 13.2. The van der Waals surface area contributed by atoms with Gasteiger partial charge in [0.15, 0.2) is 0 Å². The summed E-state index contributed by atoms with van der Waals surface area (Å²) < 4.78 is 33.9. The molecule has 1 fully saturated rings. The maximum Gasteiger partial charge on any atom is 0.335 e. The standard InChI is InChI=1S/C15H15BrN2O5S2/c16-13-3-4-14(24-13)25(21,22)17-11-9-10(15(19)20)1-2-12(11)18-5-7-23-8-6-18/h1-4,9,17H,5-8H2,(H,19,20). The Morgan fingerprint density at radius 2 is 1.96 bits per heavy atom. The summed E-state index contributed by atoms with van der Waals surface area (Å²) >= 11 is 4.33. The smallest absolute Gasteiger partial charge is 0.335 e. The molecule has 0 radical (unpaired) electrons. The van der Waals surface area contributed by atoms with Gasteiger partial charge in [0.2, 0.25) is 0 Å². The lowest BCUT2D eigenvalue weighted by molar-refractivity contribution is 0.0697. The highest BCUT2D eigenvalue weighted by molar-refractivity contribution is 9.11. The molecule has 1 aliphatic heterocycles. The molecule has 3 rings (SSSR count). The summed E-state index contributed by atoms with van der Waals surface area (Å²) in [6, 6.07) is 7.57. The van der Waals surface area contributed by atoms with Crippen LogP contribution in [-0.4, -0.2) is 45.8 Å². The lowest BCUT2D eigenvalue weighted by Gasteiger charge is -2.30. The van der Waals surface area contributed by atoms with Crippen molar-refractivity contribution in [3.63, 3.8) is 0 Å². The fraction of sp³-hybridized carbons (Fsp3) is 0.267. The predicted octanol–water partition coefficient (Wildman–Crippen LogP) is 2.85. The van der Waals surface area contributed by atoms with Crippen LogP contribution < -0.4 is 9.62 Å². The number of halogens is 1. The quantitative estimate of drug-likeness (QED) is 0.732. The highest BCUT2D eigenvalue weighted by Gasteiger charge is 2.22. The van der Waals surface area contributed by atoms with Crippen LogP contribution in [0.4, 0.5) is 11.4 Å². The SMILES string of the molecule is O=C(O)c1ccc(N2CCOCC2)c(NS(=O)(=O)c2ccc(Br)s2)c1. The van der Waals surface area contributed by atoms with E-state index in [1.54, 1.807) is 12.1 Å². The fourth-order valence-corrected chi connectivity index (χ4v) is 5.54. The molecule has 1 aromatic heterocycles.